The molecule has 1 rings (SSSR count). The number of aromatic nitrogens is 2. The Morgan fingerprint density at radius 3 is 2.82 bits per heavy atom. The van der Waals surface area contributed by atoms with Crippen LogP contribution in [0.2, 0.25) is 0 Å². The molecule has 0 saturated heterocycles. The molecular weight excluding hydrogens is 214 g/mol. The van der Waals surface area contributed by atoms with Crippen LogP contribution in [-0.2, 0) is 0 Å². The molecule has 0 spiro atoms. The quantitative estimate of drug-likeness (QED) is 0.805. The lowest BCUT2D eigenvalue weighted by Gasteiger charge is -2.31. The van der Waals surface area contributed by atoms with Gasteiger partial charge in [0.05, 0.1) is 11.8 Å². The molecule has 1 heterocycles. The van der Waals surface area contributed by atoms with Crippen LogP contribution in [0.4, 0.5) is 5.82 Å². The van der Waals surface area contributed by atoms with Crippen molar-refractivity contribution in [3.8, 4) is 6.07 Å². The zero-order valence-corrected chi connectivity index (χ0v) is 10.6. The molecule has 0 aromatic carbocycles. The molecule has 0 saturated carbocycles. The summed E-state index contributed by atoms with van der Waals surface area (Å²) < 4.78 is 0. The van der Waals surface area contributed by atoms with Crippen molar-refractivity contribution in [2.75, 3.05) is 11.9 Å². The second-order valence-corrected chi connectivity index (χ2v) is 4.89. The van der Waals surface area contributed by atoms with E-state index in [0.717, 1.165) is 6.42 Å². The summed E-state index contributed by atoms with van der Waals surface area (Å²) in [6.07, 6.45) is 2.41. The number of nitrogens with zero attached hydrogens (tertiary/aromatic N) is 3. The SMILES string of the molecule is CC(C)CC(C)(CN)Nc1nnccc1C#N. The molecule has 5 heteroatoms. The van der Waals surface area contributed by atoms with Crippen LogP contribution in [0.25, 0.3) is 0 Å². The van der Waals surface area contributed by atoms with Crippen LogP contribution in [-0.4, -0.2) is 22.3 Å². The van der Waals surface area contributed by atoms with Crippen LogP contribution in [0, 0.1) is 17.2 Å². The van der Waals surface area contributed by atoms with Gasteiger partial charge in [0, 0.05) is 12.1 Å². The van der Waals surface area contributed by atoms with Crippen LogP contribution >= 0.6 is 0 Å². The first-order valence-corrected chi connectivity index (χ1v) is 5.71. The smallest absolute Gasteiger partial charge is 0.167 e. The Hall–Kier alpha value is -1.67. The second-order valence-electron chi connectivity index (χ2n) is 4.89. The summed E-state index contributed by atoms with van der Waals surface area (Å²) in [6, 6.07) is 3.73. The van der Waals surface area contributed by atoms with Crippen molar-refractivity contribution in [1.82, 2.24) is 10.2 Å². The van der Waals surface area contributed by atoms with Gasteiger partial charge in [-0.2, -0.15) is 10.4 Å². The third-order valence-electron chi connectivity index (χ3n) is 2.57. The molecule has 0 fully saturated rings. The fourth-order valence-electron chi connectivity index (χ4n) is 1.89. The van der Waals surface area contributed by atoms with Gasteiger partial charge < -0.3 is 11.1 Å². The van der Waals surface area contributed by atoms with Crippen LogP contribution in [0.1, 0.15) is 32.8 Å². The van der Waals surface area contributed by atoms with Crippen LogP contribution in [0.15, 0.2) is 12.3 Å². The normalized spacial score (nSPS) is 14.1. The molecule has 1 atom stereocenters. The highest BCUT2D eigenvalue weighted by molar-refractivity contribution is 5.51. The summed E-state index contributed by atoms with van der Waals surface area (Å²) in [7, 11) is 0. The molecule has 92 valence electrons. The summed E-state index contributed by atoms with van der Waals surface area (Å²) in [4.78, 5) is 0. The Morgan fingerprint density at radius 2 is 2.29 bits per heavy atom. The zero-order chi connectivity index (χ0) is 12.9. The number of hydrogen-bond acceptors (Lipinski definition) is 5. The minimum Gasteiger partial charge on any atom is -0.361 e. The molecule has 5 nitrogen and oxygen atoms in total. The third kappa shape index (κ3) is 3.68. The van der Waals surface area contributed by atoms with E-state index in [1.54, 1.807) is 6.07 Å². The van der Waals surface area contributed by atoms with Gasteiger partial charge >= 0.3 is 0 Å². The third-order valence-corrected chi connectivity index (χ3v) is 2.57. The number of rotatable bonds is 5. The minimum absolute atomic E-state index is 0.268. The molecule has 0 amide bonds. The molecule has 0 aliphatic carbocycles. The predicted octanol–water partition coefficient (Wildman–Crippen LogP) is 1.52. The van der Waals surface area contributed by atoms with E-state index in [1.807, 2.05) is 6.92 Å². The van der Waals surface area contributed by atoms with E-state index in [1.165, 1.54) is 6.20 Å². The largest absolute Gasteiger partial charge is 0.361 e. The average Bonchev–Trinajstić information content (AvgIpc) is 2.28. The fraction of sp³-hybridized carbons (Fsp3) is 0.583. The molecule has 1 aromatic rings. The number of anilines is 1. The van der Waals surface area contributed by atoms with E-state index in [4.69, 9.17) is 11.0 Å². The van der Waals surface area contributed by atoms with Gasteiger partial charge in [-0.05, 0) is 25.3 Å². The molecule has 0 aliphatic rings. The van der Waals surface area contributed by atoms with E-state index < -0.39 is 0 Å². The summed E-state index contributed by atoms with van der Waals surface area (Å²) in [5, 5.41) is 20.0. The maximum absolute atomic E-state index is 8.98. The van der Waals surface area contributed by atoms with Gasteiger partial charge in [-0.1, -0.05) is 13.8 Å². The lowest BCUT2D eigenvalue weighted by molar-refractivity contribution is 0.405. The number of nitrogens with two attached hydrogens (primary N) is 1. The van der Waals surface area contributed by atoms with Crippen molar-refractivity contribution < 1.29 is 0 Å². The van der Waals surface area contributed by atoms with E-state index in [0.29, 0.717) is 23.8 Å². The molecule has 0 bridgehead atoms. The molecular formula is C12H19N5. The van der Waals surface area contributed by atoms with Crippen molar-refractivity contribution in [3.63, 3.8) is 0 Å². The van der Waals surface area contributed by atoms with E-state index in [2.05, 4.69) is 35.4 Å². The van der Waals surface area contributed by atoms with Crippen LogP contribution in [0.5, 0.6) is 0 Å². The standard InChI is InChI=1S/C12H19N5/c1-9(2)6-12(3,8-14)16-11-10(7-13)4-5-15-17-11/h4-5,9H,6,8,14H2,1-3H3,(H,16,17). The highest BCUT2D eigenvalue weighted by Crippen LogP contribution is 2.21. The van der Waals surface area contributed by atoms with Crippen molar-refractivity contribution in [1.29, 1.82) is 5.26 Å². The maximum Gasteiger partial charge on any atom is 0.167 e. The Kier molecular flexibility index (Phi) is 4.41. The van der Waals surface area contributed by atoms with Gasteiger partial charge in [-0.25, -0.2) is 0 Å². The predicted molar refractivity (Wildman–Crippen MR) is 67.3 cm³/mol. The summed E-state index contributed by atoms with van der Waals surface area (Å²) in [5.74, 6) is 1.02. The van der Waals surface area contributed by atoms with Crippen LogP contribution in [0.3, 0.4) is 0 Å². The van der Waals surface area contributed by atoms with Crippen molar-refractivity contribution in [2.24, 2.45) is 11.7 Å². The highest BCUT2D eigenvalue weighted by atomic mass is 15.2. The first-order chi connectivity index (χ1) is 8.00. The van der Waals surface area contributed by atoms with Gasteiger partial charge in [-0.3, -0.25) is 0 Å². The van der Waals surface area contributed by atoms with Gasteiger partial charge in [0.2, 0.25) is 0 Å². The Labute approximate surface area is 102 Å². The van der Waals surface area contributed by atoms with Crippen LogP contribution < -0.4 is 11.1 Å². The first-order valence-electron chi connectivity index (χ1n) is 5.71. The molecule has 3 N–H and O–H groups in total. The zero-order valence-electron chi connectivity index (χ0n) is 10.6. The lowest BCUT2D eigenvalue weighted by atomic mass is 9.90. The number of hydrogen-bond donors (Lipinski definition) is 2. The van der Waals surface area contributed by atoms with E-state index in [9.17, 15) is 0 Å². The highest BCUT2D eigenvalue weighted by Gasteiger charge is 2.25. The van der Waals surface area contributed by atoms with Gasteiger partial charge in [0.25, 0.3) is 0 Å². The average molecular weight is 233 g/mol. The summed E-state index contributed by atoms with van der Waals surface area (Å²) in [5.41, 5.74) is 6.02. The number of nitriles is 1. The first kappa shape index (κ1) is 13.4. The Balaban J connectivity index is 2.91. The fourth-order valence-corrected chi connectivity index (χ4v) is 1.89. The van der Waals surface area contributed by atoms with Gasteiger partial charge in [0.1, 0.15) is 6.07 Å². The van der Waals surface area contributed by atoms with Gasteiger partial charge in [0.15, 0.2) is 5.82 Å². The molecule has 0 aliphatic heterocycles. The lowest BCUT2D eigenvalue weighted by Crippen LogP contribution is -2.44. The maximum atomic E-state index is 8.98. The Morgan fingerprint density at radius 1 is 1.59 bits per heavy atom. The monoisotopic (exact) mass is 233 g/mol. The summed E-state index contributed by atoms with van der Waals surface area (Å²) in [6.45, 7) is 6.78. The second kappa shape index (κ2) is 5.60. The molecule has 17 heavy (non-hydrogen) atoms. The van der Waals surface area contributed by atoms with E-state index in [-0.39, 0.29) is 5.54 Å². The Bertz CT molecular complexity index is 410. The molecule has 1 unspecified atom stereocenters. The number of nitrogens with one attached hydrogen (secondary N) is 1. The minimum atomic E-state index is -0.268. The topological polar surface area (TPSA) is 87.6 Å². The van der Waals surface area contributed by atoms with Crippen molar-refractivity contribution in [2.45, 2.75) is 32.7 Å². The summed E-state index contributed by atoms with van der Waals surface area (Å²) >= 11 is 0. The van der Waals surface area contributed by atoms with Gasteiger partial charge in [-0.15, -0.1) is 5.10 Å². The van der Waals surface area contributed by atoms with Crippen molar-refractivity contribution in [3.05, 3.63) is 17.8 Å². The van der Waals surface area contributed by atoms with Crippen molar-refractivity contribution >= 4 is 5.82 Å². The molecule has 0 radical (unpaired) electrons. The van der Waals surface area contributed by atoms with E-state index >= 15 is 0 Å². The molecule has 1 aromatic heterocycles.